The maximum absolute atomic E-state index is 11.8. The van der Waals surface area contributed by atoms with Crippen molar-refractivity contribution in [1.29, 1.82) is 0 Å². The summed E-state index contributed by atoms with van der Waals surface area (Å²) in [4.78, 5) is 18.9. The molecule has 1 fully saturated rings. The van der Waals surface area contributed by atoms with E-state index in [1.54, 1.807) is 11.3 Å². The summed E-state index contributed by atoms with van der Waals surface area (Å²) in [6, 6.07) is 0. The second-order valence-corrected chi connectivity index (χ2v) is 7.22. The van der Waals surface area contributed by atoms with Crippen LogP contribution >= 0.6 is 11.3 Å². The zero-order chi connectivity index (χ0) is 15.1. The van der Waals surface area contributed by atoms with Crippen LogP contribution in [0.2, 0.25) is 0 Å². The van der Waals surface area contributed by atoms with Gasteiger partial charge >= 0.3 is 0 Å². The van der Waals surface area contributed by atoms with Crippen LogP contribution in [0.15, 0.2) is 5.38 Å². The van der Waals surface area contributed by atoms with Crippen molar-refractivity contribution >= 4 is 17.2 Å². The molecule has 0 unspecified atom stereocenters. The molecule has 0 atom stereocenters. The van der Waals surface area contributed by atoms with Crippen molar-refractivity contribution in [3.05, 3.63) is 16.1 Å². The summed E-state index contributed by atoms with van der Waals surface area (Å²) in [6.45, 7) is 8.41. The van der Waals surface area contributed by atoms with Gasteiger partial charge in [-0.1, -0.05) is 20.3 Å². The number of thiazole rings is 1. The number of carbonyl (C=O) groups is 1. The predicted octanol–water partition coefficient (Wildman–Crippen LogP) is 2.83. The average molecular weight is 309 g/mol. The van der Waals surface area contributed by atoms with Gasteiger partial charge in [0.05, 0.1) is 18.7 Å². The highest BCUT2D eigenvalue weighted by Crippen LogP contribution is 2.16. The Balaban J connectivity index is 1.73. The highest BCUT2D eigenvalue weighted by atomic mass is 32.1. The molecule has 0 spiro atoms. The van der Waals surface area contributed by atoms with E-state index in [4.69, 9.17) is 0 Å². The van der Waals surface area contributed by atoms with Crippen LogP contribution in [-0.2, 0) is 17.8 Å². The number of hydrogen-bond donors (Lipinski definition) is 1. The van der Waals surface area contributed by atoms with Gasteiger partial charge in [0.15, 0.2) is 0 Å². The first-order valence-electron chi connectivity index (χ1n) is 8.06. The van der Waals surface area contributed by atoms with E-state index in [1.165, 1.54) is 32.4 Å². The van der Waals surface area contributed by atoms with Crippen LogP contribution < -0.4 is 5.32 Å². The Labute approximate surface area is 132 Å². The van der Waals surface area contributed by atoms with Gasteiger partial charge in [0.25, 0.3) is 0 Å². The standard InChI is InChI=1S/C16H27N3OS/c1-13(2)6-7-17-15(20)10-14-12-21-16(18-14)11-19-8-4-3-5-9-19/h12-13H,3-11H2,1-2H3,(H,17,20). The van der Waals surface area contributed by atoms with Crippen LogP contribution in [0.4, 0.5) is 0 Å². The molecule has 118 valence electrons. The second kappa shape index (κ2) is 8.49. The number of nitrogens with one attached hydrogen (secondary N) is 1. The molecule has 0 saturated carbocycles. The summed E-state index contributed by atoms with van der Waals surface area (Å²) in [5, 5.41) is 6.14. The highest BCUT2D eigenvalue weighted by Gasteiger charge is 2.13. The molecule has 1 aromatic rings. The first-order chi connectivity index (χ1) is 10.1. The third-order valence-corrected chi connectivity index (χ3v) is 4.67. The molecular formula is C16H27N3OS. The van der Waals surface area contributed by atoms with Gasteiger partial charge in [-0.25, -0.2) is 4.98 Å². The van der Waals surface area contributed by atoms with E-state index >= 15 is 0 Å². The van der Waals surface area contributed by atoms with Gasteiger partial charge in [-0.2, -0.15) is 0 Å². The van der Waals surface area contributed by atoms with Crippen molar-refractivity contribution in [2.24, 2.45) is 5.92 Å². The Bertz CT molecular complexity index is 438. The highest BCUT2D eigenvalue weighted by molar-refractivity contribution is 7.09. The normalized spacial score (nSPS) is 16.3. The quantitative estimate of drug-likeness (QED) is 0.842. The van der Waals surface area contributed by atoms with Gasteiger partial charge in [0, 0.05) is 11.9 Å². The first kappa shape index (κ1) is 16.4. The van der Waals surface area contributed by atoms with E-state index in [0.717, 1.165) is 30.2 Å². The van der Waals surface area contributed by atoms with E-state index < -0.39 is 0 Å². The summed E-state index contributed by atoms with van der Waals surface area (Å²) < 4.78 is 0. The van der Waals surface area contributed by atoms with Crippen molar-refractivity contribution < 1.29 is 4.79 Å². The average Bonchev–Trinajstić information content (AvgIpc) is 2.86. The van der Waals surface area contributed by atoms with Crippen molar-refractivity contribution in [2.75, 3.05) is 19.6 Å². The largest absolute Gasteiger partial charge is 0.356 e. The van der Waals surface area contributed by atoms with Crippen LogP contribution in [0.3, 0.4) is 0 Å². The molecule has 1 saturated heterocycles. The first-order valence-corrected chi connectivity index (χ1v) is 8.94. The summed E-state index contributed by atoms with van der Waals surface area (Å²) >= 11 is 1.68. The number of carbonyl (C=O) groups excluding carboxylic acids is 1. The lowest BCUT2D eigenvalue weighted by atomic mass is 10.1. The number of piperidine rings is 1. The summed E-state index contributed by atoms with van der Waals surface area (Å²) in [7, 11) is 0. The minimum absolute atomic E-state index is 0.0884. The number of amides is 1. The monoisotopic (exact) mass is 309 g/mol. The number of rotatable bonds is 7. The van der Waals surface area contributed by atoms with Crippen LogP contribution in [0, 0.1) is 5.92 Å². The van der Waals surface area contributed by atoms with Gasteiger partial charge in [-0.05, 0) is 38.3 Å². The molecular weight excluding hydrogens is 282 g/mol. The lowest BCUT2D eigenvalue weighted by molar-refractivity contribution is -0.120. The topological polar surface area (TPSA) is 45.2 Å². The maximum Gasteiger partial charge on any atom is 0.226 e. The molecule has 2 rings (SSSR count). The predicted molar refractivity (Wildman–Crippen MR) is 87.4 cm³/mol. The zero-order valence-corrected chi connectivity index (χ0v) is 14.0. The lowest BCUT2D eigenvalue weighted by Crippen LogP contribution is -2.29. The fourth-order valence-corrected chi connectivity index (χ4v) is 3.37. The van der Waals surface area contributed by atoms with Crippen LogP contribution in [0.1, 0.15) is 50.2 Å². The SMILES string of the molecule is CC(C)CCNC(=O)Cc1csc(CN2CCCCC2)n1. The molecule has 1 aromatic heterocycles. The second-order valence-electron chi connectivity index (χ2n) is 6.28. The molecule has 1 aliphatic heterocycles. The van der Waals surface area contributed by atoms with E-state index in [-0.39, 0.29) is 5.91 Å². The number of hydrogen-bond acceptors (Lipinski definition) is 4. The Hall–Kier alpha value is -0.940. The van der Waals surface area contributed by atoms with Gasteiger partial charge in [0.1, 0.15) is 5.01 Å². The third-order valence-electron chi connectivity index (χ3n) is 3.79. The fraction of sp³-hybridized carbons (Fsp3) is 0.750. The summed E-state index contributed by atoms with van der Waals surface area (Å²) in [6.07, 6.45) is 5.40. The summed E-state index contributed by atoms with van der Waals surface area (Å²) in [5.74, 6) is 0.714. The number of nitrogens with zero attached hydrogens (tertiary/aromatic N) is 2. The molecule has 1 N–H and O–H groups in total. The molecule has 21 heavy (non-hydrogen) atoms. The van der Waals surface area contributed by atoms with Crippen molar-refractivity contribution in [3.63, 3.8) is 0 Å². The van der Waals surface area contributed by atoms with E-state index in [1.807, 2.05) is 5.38 Å². The van der Waals surface area contributed by atoms with Gasteiger partial charge in [-0.3, -0.25) is 9.69 Å². The van der Waals surface area contributed by atoms with E-state index in [9.17, 15) is 4.79 Å². The molecule has 5 heteroatoms. The van der Waals surface area contributed by atoms with Gasteiger partial charge < -0.3 is 5.32 Å². The molecule has 1 amide bonds. The minimum atomic E-state index is 0.0884. The molecule has 0 aromatic carbocycles. The fourth-order valence-electron chi connectivity index (χ4n) is 2.54. The van der Waals surface area contributed by atoms with Crippen LogP contribution in [0.5, 0.6) is 0 Å². The van der Waals surface area contributed by atoms with E-state index in [0.29, 0.717) is 12.3 Å². The third kappa shape index (κ3) is 6.14. The van der Waals surface area contributed by atoms with Crippen molar-refractivity contribution in [3.8, 4) is 0 Å². The Kier molecular flexibility index (Phi) is 6.64. The molecule has 4 nitrogen and oxygen atoms in total. The smallest absolute Gasteiger partial charge is 0.226 e. The Morgan fingerprint density at radius 2 is 2.14 bits per heavy atom. The molecule has 2 heterocycles. The lowest BCUT2D eigenvalue weighted by Gasteiger charge is -2.25. The van der Waals surface area contributed by atoms with Crippen molar-refractivity contribution in [2.45, 2.75) is 52.5 Å². The summed E-state index contributed by atoms with van der Waals surface area (Å²) in [5.41, 5.74) is 0.911. The van der Waals surface area contributed by atoms with Crippen LogP contribution in [-0.4, -0.2) is 35.4 Å². The molecule has 0 bridgehead atoms. The zero-order valence-electron chi connectivity index (χ0n) is 13.2. The minimum Gasteiger partial charge on any atom is -0.356 e. The Morgan fingerprint density at radius 3 is 2.86 bits per heavy atom. The van der Waals surface area contributed by atoms with Gasteiger partial charge in [-0.15, -0.1) is 11.3 Å². The van der Waals surface area contributed by atoms with E-state index in [2.05, 4.69) is 29.0 Å². The number of aromatic nitrogens is 1. The van der Waals surface area contributed by atoms with Crippen molar-refractivity contribution in [1.82, 2.24) is 15.2 Å². The van der Waals surface area contributed by atoms with Gasteiger partial charge in [0.2, 0.25) is 5.91 Å². The number of likely N-dealkylation sites (tertiary alicyclic amines) is 1. The molecule has 0 aliphatic carbocycles. The maximum atomic E-state index is 11.8. The van der Waals surface area contributed by atoms with Crippen LogP contribution in [0.25, 0.3) is 0 Å². The molecule has 1 aliphatic rings. The Morgan fingerprint density at radius 1 is 1.38 bits per heavy atom. The molecule has 0 radical (unpaired) electrons.